The third-order valence-electron chi connectivity index (χ3n) is 3.07. The van der Waals surface area contributed by atoms with Crippen LogP contribution in [0, 0.1) is 20.9 Å². The summed E-state index contributed by atoms with van der Waals surface area (Å²) < 4.78 is 0. The van der Waals surface area contributed by atoms with E-state index in [4.69, 9.17) is 0 Å². The van der Waals surface area contributed by atoms with Crippen molar-refractivity contribution >= 4 is 17.3 Å². The zero-order valence-corrected chi connectivity index (χ0v) is 13.3. The van der Waals surface area contributed by atoms with Crippen LogP contribution in [0.25, 0.3) is 0 Å². The Labute approximate surface area is 124 Å². The summed E-state index contributed by atoms with van der Waals surface area (Å²) in [6, 6.07) is 3.84. The molecule has 5 heteroatoms. The Morgan fingerprint density at radius 2 is 1.33 bits per heavy atom. The van der Waals surface area contributed by atoms with Gasteiger partial charge in [-0.3, -0.25) is 19.7 Å². The molecule has 0 atom stereocenters. The molecule has 0 amide bonds. The lowest BCUT2D eigenvalue weighted by Crippen LogP contribution is -2.27. The smallest absolute Gasteiger partial charge is 0.270 e. The molecule has 21 heavy (non-hydrogen) atoms. The van der Waals surface area contributed by atoms with Crippen LogP contribution in [0.15, 0.2) is 18.2 Å². The lowest BCUT2D eigenvalue weighted by atomic mass is 9.79. The van der Waals surface area contributed by atoms with E-state index in [0.29, 0.717) is 0 Å². The number of ketones is 2. The Morgan fingerprint density at radius 1 is 0.905 bits per heavy atom. The standard InChI is InChI=1S/C16H21NO4/c1-15(2,3)13(18)11-8-7-10(17(20)21)9-12(11)14(19)16(4,5)6/h7-9H,1-6H3. The molecule has 0 aromatic heterocycles. The molecule has 0 aliphatic carbocycles. The van der Waals surface area contributed by atoms with E-state index >= 15 is 0 Å². The Hall–Kier alpha value is -2.04. The number of rotatable bonds is 3. The van der Waals surface area contributed by atoms with Crippen LogP contribution in [0.3, 0.4) is 0 Å². The largest absolute Gasteiger partial charge is 0.294 e. The molecule has 0 fully saturated rings. The van der Waals surface area contributed by atoms with E-state index in [1.165, 1.54) is 18.2 Å². The summed E-state index contributed by atoms with van der Waals surface area (Å²) in [7, 11) is 0. The van der Waals surface area contributed by atoms with E-state index in [1.807, 2.05) is 0 Å². The van der Waals surface area contributed by atoms with Gasteiger partial charge in [-0.1, -0.05) is 41.5 Å². The number of non-ortho nitro benzene ring substituents is 1. The fraction of sp³-hybridized carbons (Fsp3) is 0.500. The highest BCUT2D eigenvalue weighted by atomic mass is 16.6. The first-order valence-corrected chi connectivity index (χ1v) is 6.74. The maximum atomic E-state index is 12.5. The van der Waals surface area contributed by atoms with Gasteiger partial charge in [0.25, 0.3) is 5.69 Å². The first kappa shape index (κ1) is 17.0. The molecule has 1 aromatic rings. The lowest BCUT2D eigenvalue weighted by Gasteiger charge is -2.22. The number of hydrogen-bond donors (Lipinski definition) is 0. The summed E-state index contributed by atoms with van der Waals surface area (Å²) in [6.45, 7) is 10.4. The van der Waals surface area contributed by atoms with Gasteiger partial charge in [0.15, 0.2) is 11.6 Å². The molecule has 0 heterocycles. The Balaban J connectivity index is 3.56. The summed E-state index contributed by atoms with van der Waals surface area (Å²) in [5.41, 5.74) is -1.21. The maximum absolute atomic E-state index is 12.5. The average Bonchev–Trinajstić information content (AvgIpc) is 2.33. The minimum absolute atomic E-state index is 0.122. The van der Waals surface area contributed by atoms with Crippen LogP contribution in [-0.4, -0.2) is 16.5 Å². The monoisotopic (exact) mass is 291 g/mol. The minimum Gasteiger partial charge on any atom is -0.294 e. The zero-order valence-electron chi connectivity index (χ0n) is 13.3. The van der Waals surface area contributed by atoms with Gasteiger partial charge in [0.1, 0.15) is 0 Å². The van der Waals surface area contributed by atoms with Gasteiger partial charge in [-0.25, -0.2) is 0 Å². The molecule has 0 saturated carbocycles. The number of carbonyl (C=O) groups is 2. The molecule has 0 aliphatic rings. The Bertz CT molecular complexity index is 604. The van der Waals surface area contributed by atoms with E-state index in [-0.39, 0.29) is 28.4 Å². The molecule has 0 unspecified atom stereocenters. The Morgan fingerprint density at radius 3 is 1.71 bits per heavy atom. The van der Waals surface area contributed by atoms with E-state index < -0.39 is 15.8 Å². The topological polar surface area (TPSA) is 77.3 Å². The average molecular weight is 291 g/mol. The summed E-state index contributed by atoms with van der Waals surface area (Å²) in [6.07, 6.45) is 0. The number of nitrogens with zero attached hydrogens (tertiary/aromatic N) is 1. The number of Topliss-reactive ketones (excluding diaryl/α,β-unsaturated/α-hetero) is 2. The highest BCUT2D eigenvalue weighted by Gasteiger charge is 2.32. The number of nitro benzene ring substituents is 1. The van der Waals surface area contributed by atoms with Gasteiger partial charge in [0.2, 0.25) is 0 Å². The van der Waals surface area contributed by atoms with Gasteiger partial charge in [0.05, 0.1) is 4.92 Å². The molecule has 0 radical (unpaired) electrons. The molecule has 0 spiro atoms. The molecular formula is C16H21NO4. The van der Waals surface area contributed by atoms with Crippen molar-refractivity contribution < 1.29 is 14.5 Å². The molecule has 1 aromatic carbocycles. The van der Waals surface area contributed by atoms with Crippen molar-refractivity contribution in [1.29, 1.82) is 0 Å². The summed E-state index contributed by atoms with van der Waals surface area (Å²) in [4.78, 5) is 35.3. The predicted octanol–water partition coefficient (Wildman–Crippen LogP) is 4.05. The summed E-state index contributed by atoms with van der Waals surface area (Å²) >= 11 is 0. The zero-order chi connectivity index (χ0) is 16.6. The second-order valence-electron chi connectivity index (χ2n) is 7.15. The van der Waals surface area contributed by atoms with Crippen LogP contribution in [0.5, 0.6) is 0 Å². The van der Waals surface area contributed by atoms with Crippen molar-refractivity contribution in [3.63, 3.8) is 0 Å². The summed E-state index contributed by atoms with van der Waals surface area (Å²) in [5, 5.41) is 10.9. The lowest BCUT2D eigenvalue weighted by molar-refractivity contribution is -0.384. The van der Waals surface area contributed by atoms with Crippen LogP contribution in [0.4, 0.5) is 5.69 Å². The number of hydrogen-bond acceptors (Lipinski definition) is 4. The molecule has 5 nitrogen and oxygen atoms in total. The summed E-state index contributed by atoms with van der Waals surface area (Å²) in [5.74, 6) is -0.483. The van der Waals surface area contributed by atoms with Crippen molar-refractivity contribution in [2.24, 2.45) is 10.8 Å². The SMILES string of the molecule is CC(C)(C)C(=O)c1ccc([N+](=O)[O-])cc1C(=O)C(C)(C)C. The van der Waals surface area contributed by atoms with E-state index in [9.17, 15) is 19.7 Å². The first-order chi connectivity index (χ1) is 9.35. The molecule has 0 aliphatic heterocycles. The molecule has 1 rings (SSSR count). The number of carbonyl (C=O) groups excluding carboxylic acids is 2. The Kier molecular flexibility index (Phi) is 4.37. The highest BCUT2D eigenvalue weighted by molar-refractivity contribution is 6.12. The van der Waals surface area contributed by atoms with Crippen LogP contribution in [0.2, 0.25) is 0 Å². The predicted molar refractivity (Wildman–Crippen MR) is 80.7 cm³/mol. The third-order valence-corrected chi connectivity index (χ3v) is 3.07. The first-order valence-electron chi connectivity index (χ1n) is 6.74. The molecular weight excluding hydrogens is 270 g/mol. The van der Waals surface area contributed by atoms with Gasteiger partial charge in [-0.05, 0) is 6.07 Å². The third kappa shape index (κ3) is 3.74. The fourth-order valence-electron chi connectivity index (χ4n) is 1.84. The van der Waals surface area contributed by atoms with Gasteiger partial charge in [0, 0.05) is 34.1 Å². The van der Waals surface area contributed by atoms with Gasteiger partial charge in [-0.2, -0.15) is 0 Å². The highest BCUT2D eigenvalue weighted by Crippen LogP contribution is 2.30. The van der Waals surface area contributed by atoms with Crippen LogP contribution < -0.4 is 0 Å². The van der Waals surface area contributed by atoms with Crippen molar-refractivity contribution in [1.82, 2.24) is 0 Å². The van der Waals surface area contributed by atoms with Gasteiger partial charge in [-0.15, -0.1) is 0 Å². The number of benzene rings is 1. The van der Waals surface area contributed by atoms with Gasteiger partial charge < -0.3 is 0 Å². The molecule has 0 bridgehead atoms. The van der Waals surface area contributed by atoms with Crippen molar-refractivity contribution in [3.8, 4) is 0 Å². The quantitative estimate of drug-likeness (QED) is 0.478. The second kappa shape index (κ2) is 5.39. The molecule has 0 N–H and O–H groups in total. The van der Waals surface area contributed by atoms with Crippen LogP contribution in [-0.2, 0) is 0 Å². The van der Waals surface area contributed by atoms with E-state index in [2.05, 4.69) is 0 Å². The van der Waals surface area contributed by atoms with Crippen molar-refractivity contribution in [3.05, 3.63) is 39.4 Å². The molecule has 114 valence electrons. The van der Waals surface area contributed by atoms with E-state index in [0.717, 1.165) is 0 Å². The minimum atomic E-state index is -0.720. The van der Waals surface area contributed by atoms with Crippen molar-refractivity contribution in [2.45, 2.75) is 41.5 Å². The second-order valence-corrected chi connectivity index (χ2v) is 7.15. The van der Waals surface area contributed by atoms with Crippen molar-refractivity contribution in [2.75, 3.05) is 0 Å². The maximum Gasteiger partial charge on any atom is 0.270 e. The van der Waals surface area contributed by atoms with Gasteiger partial charge >= 0.3 is 0 Å². The number of nitro groups is 1. The normalized spacial score (nSPS) is 12.1. The molecule has 0 saturated heterocycles. The van der Waals surface area contributed by atoms with E-state index in [1.54, 1.807) is 41.5 Å². The fourth-order valence-corrected chi connectivity index (χ4v) is 1.84. The van der Waals surface area contributed by atoms with Crippen LogP contribution >= 0.6 is 0 Å². The van der Waals surface area contributed by atoms with Crippen LogP contribution in [0.1, 0.15) is 62.3 Å².